The Morgan fingerprint density at radius 1 is 1.39 bits per heavy atom. The Balaban J connectivity index is 2.67. The van der Waals surface area contributed by atoms with Gasteiger partial charge in [-0.15, -0.1) is 5.10 Å². The van der Waals surface area contributed by atoms with Crippen LogP contribution in [0.3, 0.4) is 0 Å². The van der Waals surface area contributed by atoms with Crippen molar-refractivity contribution in [2.45, 2.75) is 0 Å². The van der Waals surface area contributed by atoms with Gasteiger partial charge in [-0.25, -0.2) is 13.9 Å². The Labute approximate surface area is 102 Å². The first-order valence-corrected chi connectivity index (χ1v) is 5.00. The van der Waals surface area contributed by atoms with Gasteiger partial charge in [0.25, 0.3) is 0 Å². The fourth-order valence-corrected chi connectivity index (χ4v) is 1.53. The van der Waals surface area contributed by atoms with Crippen LogP contribution in [-0.4, -0.2) is 35.2 Å². The van der Waals surface area contributed by atoms with Crippen LogP contribution in [0.15, 0.2) is 24.5 Å². The minimum absolute atomic E-state index is 0.0423. The molecule has 1 aromatic heterocycles. The van der Waals surface area contributed by atoms with Crippen molar-refractivity contribution in [2.24, 2.45) is 0 Å². The van der Waals surface area contributed by atoms with Gasteiger partial charge in [0.05, 0.1) is 32.3 Å². The number of hydrogen-bond donors (Lipinski definition) is 0. The van der Waals surface area contributed by atoms with Crippen molar-refractivity contribution in [1.29, 1.82) is 0 Å². The Kier molecular flexibility index (Phi) is 3.22. The number of aromatic nitrogens is 3. The smallest absolute Gasteiger partial charge is 0.343 e. The quantitative estimate of drug-likeness (QED) is 0.767. The first kappa shape index (κ1) is 12.0. The summed E-state index contributed by atoms with van der Waals surface area (Å²) < 4.78 is 24.7. The third kappa shape index (κ3) is 1.90. The molecular formula is C11H10FN3O3. The monoisotopic (exact) mass is 251 g/mol. The fourth-order valence-electron chi connectivity index (χ4n) is 1.53. The van der Waals surface area contributed by atoms with Gasteiger partial charge >= 0.3 is 5.97 Å². The summed E-state index contributed by atoms with van der Waals surface area (Å²) in [5, 5.41) is 7.32. The highest BCUT2D eigenvalue weighted by atomic mass is 19.1. The molecule has 0 N–H and O–H groups in total. The molecular weight excluding hydrogens is 241 g/mol. The second-order valence-electron chi connectivity index (χ2n) is 3.32. The highest BCUT2D eigenvalue weighted by molar-refractivity contribution is 5.94. The van der Waals surface area contributed by atoms with Crippen LogP contribution in [0, 0.1) is 5.82 Å². The number of nitrogens with zero attached hydrogens (tertiary/aromatic N) is 3. The number of esters is 1. The molecule has 94 valence electrons. The molecule has 2 rings (SSSR count). The molecule has 0 spiro atoms. The zero-order valence-electron chi connectivity index (χ0n) is 9.75. The van der Waals surface area contributed by atoms with E-state index in [0.717, 1.165) is 0 Å². The van der Waals surface area contributed by atoms with Crippen LogP contribution in [0.2, 0.25) is 0 Å². The predicted octanol–water partition coefficient (Wildman–Crippen LogP) is 1.20. The van der Waals surface area contributed by atoms with Gasteiger partial charge in [-0.3, -0.25) is 0 Å². The zero-order valence-corrected chi connectivity index (χ0v) is 9.75. The van der Waals surface area contributed by atoms with E-state index >= 15 is 0 Å². The number of benzene rings is 1. The minimum atomic E-state index is -0.808. The highest BCUT2D eigenvalue weighted by Crippen LogP contribution is 2.26. The number of hydrogen-bond acceptors (Lipinski definition) is 5. The Morgan fingerprint density at radius 2 is 2.17 bits per heavy atom. The molecule has 0 saturated heterocycles. The third-order valence-corrected chi connectivity index (χ3v) is 2.36. The molecule has 0 bridgehead atoms. The van der Waals surface area contributed by atoms with E-state index in [4.69, 9.17) is 4.74 Å². The van der Waals surface area contributed by atoms with Crippen LogP contribution in [0.5, 0.6) is 5.75 Å². The molecule has 1 aromatic carbocycles. The number of rotatable bonds is 3. The molecule has 0 aliphatic carbocycles. The third-order valence-electron chi connectivity index (χ3n) is 2.36. The number of carbonyl (C=O) groups excluding carboxylic acids is 1. The fraction of sp³-hybridized carbons (Fsp3) is 0.182. The van der Waals surface area contributed by atoms with Gasteiger partial charge in [-0.05, 0) is 12.1 Å². The molecule has 7 heteroatoms. The molecule has 0 aliphatic heterocycles. The van der Waals surface area contributed by atoms with Crippen molar-refractivity contribution in [3.05, 3.63) is 35.9 Å². The van der Waals surface area contributed by atoms with E-state index < -0.39 is 11.8 Å². The van der Waals surface area contributed by atoms with E-state index in [2.05, 4.69) is 15.0 Å². The standard InChI is InChI=1S/C11H10FN3O3/c1-17-8-4-3-7(15-6-5-13-14-15)9(10(8)12)11(16)18-2/h3-6H,1-2H3. The van der Waals surface area contributed by atoms with Crippen LogP contribution >= 0.6 is 0 Å². The van der Waals surface area contributed by atoms with Crippen molar-refractivity contribution in [3.63, 3.8) is 0 Å². The van der Waals surface area contributed by atoms with E-state index in [0.29, 0.717) is 0 Å². The van der Waals surface area contributed by atoms with E-state index in [1.54, 1.807) is 0 Å². The average Bonchev–Trinajstić information content (AvgIpc) is 2.91. The first-order chi connectivity index (χ1) is 8.69. The van der Waals surface area contributed by atoms with Gasteiger partial charge < -0.3 is 9.47 Å². The van der Waals surface area contributed by atoms with Crippen LogP contribution in [0.1, 0.15) is 10.4 Å². The minimum Gasteiger partial charge on any atom is -0.494 e. The molecule has 0 fully saturated rings. The zero-order chi connectivity index (χ0) is 13.1. The maximum atomic E-state index is 14.1. The predicted molar refractivity (Wildman–Crippen MR) is 59.2 cm³/mol. The largest absolute Gasteiger partial charge is 0.494 e. The lowest BCUT2D eigenvalue weighted by molar-refractivity contribution is 0.0594. The van der Waals surface area contributed by atoms with Crippen LogP contribution in [0.4, 0.5) is 4.39 Å². The first-order valence-electron chi connectivity index (χ1n) is 5.00. The second-order valence-corrected chi connectivity index (χ2v) is 3.32. The molecule has 18 heavy (non-hydrogen) atoms. The molecule has 0 radical (unpaired) electrons. The summed E-state index contributed by atoms with van der Waals surface area (Å²) in [7, 11) is 2.49. The van der Waals surface area contributed by atoms with Crippen molar-refractivity contribution >= 4 is 5.97 Å². The Bertz CT molecular complexity index is 569. The SMILES string of the molecule is COC(=O)c1c(-n2ccnn2)ccc(OC)c1F. The molecule has 1 heterocycles. The highest BCUT2D eigenvalue weighted by Gasteiger charge is 2.22. The van der Waals surface area contributed by atoms with E-state index in [9.17, 15) is 9.18 Å². The molecule has 6 nitrogen and oxygen atoms in total. The van der Waals surface area contributed by atoms with E-state index in [1.165, 1.54) is 43.4 Å². The molecule has 0 unspecified atom stereocenters. The van der Waals surface area contributed by atoms with Gasteiger partial charge in [0.15, 0.2) is 11.6 Å². The number of carbonyl (C=O) groups is 1. The summed E-state index contributed by atoms with van der Waals surface area (Å²) in [6, 6.07) is 2.90. The summed E-state index contributed by atoms with van der Waals surface area (Å²) in [4.78, 5) is 11.6. The molecule has 0 atom stereocenters. The Morgan fingerprint density at radius 3 is 2.72 bits per heavy atom. The molecule has 0 aliphatic rings. The molecule has 2 aromatic rings. The summed E-state index contributed by atoms with van der Waals surface area (Å²) in [6.45, 7) is 0. The summed E-state index contributed by atoms with van der Waals surface area (Å²) in [5.74, 6) is -1.64. The van der Waals surface area contributed by atoms with E-state index in [1.807, 2.05) is 0 Å². The van der Waals surface area contributed by atoms with Gasteiger partial charge in [0.1, 0.15) is 5.56 Å². The van der Waals surface area contributed by atoms with Gasteiger partial charge in [0.2, 0.25) is 0 Å². The van der Waals surface area contributed by atoms with Crippen LogP contribution in [-0.2, 0) is 4.74 Å². The lowest BCUT2D eigenvalue weighted by Crippen LogP contribution is -2.12. The average molecular weight is 251 g/mol. The Hall–Kier alpha value is -2.44. The lowest BCUT2D eigenvalue weighted by Gasteiger charge is -2.11. The normalized spacial score (nSPS) is 10.2. The lowest BCUT2D eigenvalue weighted by atomic mass is 10.1. The summed E-state index contributed by atoms with van der Waals surface area (Å²) in [6.07, 6.45) is 2.91. The summed E-state index contributed by atoms with van der Waals surface area (Å²) in [5.41, 5.74) is -0.0139. The molecule has 0 amide bonds. The topological polar surface area (TPSA) is 66.2 Å². The van der Waals surface area contributed by atoms with Crippen molar-refractivity contribution in [2.75, 3.05) is 14.2 Å². The van der Waals surface area contributed by atoms with Gasteiger partial charge in [-0.1, -0.05) is 5.21 Å². The maximum Gasteiger partial charge on any atom is 0.343 e. The van der Waals surface area contributed by atoms with Crippen molar-refractivity contribution in [3.8, 4) is 11.4 Å². The number of methoxy groups -OCH3 is 2. The van der Waals surface area contributed by atoms with E-state index in [-0.39, 0.29) is 17.0 Å². The van der Waals surface area contributed by atoms with Crippen LogP contribution in [0.25, 0.3) is 5.69 Å². The maximum absolute atomic E-state index is 14.1. The summed E-state index contributed by atoms with van der Waals surface area (Å²) >= 11 is 0. The number of ether oxygens (including phenoxy) is 2. The molecule has 0 saturated carbocycles. The van der Waals surface area contributed by atoms with Gasteiger partial charge in [0, 0.05) is 0 Å². The van der Waals surface area contributed by atoms with Crippen molar-refractivity contribution < 1.29 is 18.7 Å². The van der Waals surface area contributed by atoms with Gasteiger partial charge in [-0.2, -0.15) is 0 Å². The van der Waals surface area contributed by atoms with Crippen LogP contribution < -0.4 is 4.74 Å². The second kappa shape index (κ2) is 4.82. The van der Waals surface area contributed by atoms with Crippen molar-refractivity contribution in [1.82, 2.24) is 15.0 Å². The number of halogens is 1.